The molecule has 0 aliphatic carbocycles. The van der Waals surface area contributed by atoms with Crippen LogP contribution in [0.25, 0.3) is 5.65 Å². The Morgan fingerprint density at radius 3 is 3.11 bits per heavy atom. The van der Waals surface area contributed by atoms with E-state index in [1.165, 1.54) is 0 Å². The number of imidazole rings is 1. The number of hydrogen-bond acceptors (Lipinski definition) is 5. The maximum atomic E-state index is 12.9. The van der Waals surface area contributed by atoms with E-state index >= 15 is 0 Å². The Morgan fingerprint density at radius 2 is 2.25 bits per heavy atom. The van der Waals surface area contributed by atoms with Crippen LogP contribution < -0.4 is 5.32 Å². The largest absolute Gasteiger partial charge is 0.379 e. The van der Waals surface area contributed by atoms with Crippen molar-refractivity contribution in [1.82, 2.24) is 29.8 Å². The van der Waals surface area contributed by atoms with Gasteiger partial charge in [-0.2, -0.15) is 5.10 Å². The molecule has 144 valence electrons. The second kappa shape index (κ2) is 6.75. The Bertz CT molecular complexity index is 1050. The number of nitrogens with one attached hydrogen (secondary N) is 2. The molecule has 0 spiro atoms. The number of nitrogens with zero attached hydrogens (tertiary/aromatic N) is 4. The van der Waals surface area contributed by atoms with Crippen LogP contribution in [0.4, 0.5) is 0 Å². The van der Waals surface area contributed by atoms with Crippen LogP contribution in [0.2, 0.25) is 0 Å². The summed E-state index contributed by atoms with van der Waals surface area (Å²) in [5.74, 6) is -0.233. The fraction of sp³-hybridized carbons (Fsp3) is 0.368. The van der Waals surface area contributed by atoms with Crippen molar-refractivity contribution in [3.63, 3.8) is 0 Å². The highest BCUT2D eigenvalue weighted by Crippen LogP contribution is 2.22. The number of ether oxygens (including phenoxy) is 1. The first kappa shape index (κ1) is 16.9. The molecule has 9 nitrogen and oxygen atoms in total. The monoisotopic (exact) mass is 380 g/mol. The molecule has 1 saturated heterocycles. The van der Waals surface area contributed by atoms with Gasteiger partial charge in [0, 0.05) is 37.3 Å². The lowest BCUT2D eigenvalue weighted by atomic mass is 10.0. The van der Waals surface area contributed by atoms with Gasteiger partial charge in [-0.25, -0.2) is 4.98 Å². The van der Waals surface area contributed by atoms with Crippen molar-refractivity contribution in [3.8, 4) is 0 Å². The number of pyridine rings is 1. The Labute approximate surface area is 160 Å². The molecule has 5 heterocycles. The molecule has 1 atom stereocenters. The van der Waals surface area contributed by atoms with Gasteiger partial charge in [0.05, 0.1) is 30.5 Å². The maximum Gasteiger partial charge on any atom is 0.272 e. The predicted octanol–water partition coefficient (Wildman–Crippen LogP) is 0.775. The summed E-state index contributed by atoms with van der Waals surface area (Å²) >= 11 is 0. The molecule has 3 aromatic rings. The van der Waals surface area contributed by atoms with Gasteiger partial charge in [-0.15, -0.1) is 0 Å². The van der Waals surface area contributed by atoms with Gasteiger partial charge >= 0.3 is 0 Å². The van der Waals surface area contributed by atoms with Gasteiger partial charge < -0.3 is 19.4 Å². The average molecular weight is 380 g/mol. The van der Waals surface area contributed by atoms with E-state index < -0.39 is 0 Å². The first-order chi connectivity index (χ1) is 13.7. The van der Waals surface area contributed by atoms with Crippen molar-refractivity contribution in [2.45, 2.75) is 25.4 Å². The van der Waals surface area contributed by atoms with Crippen LogP contribution in [0.3, 0.4) is 0 Å². The zero-order valence-electron chi connectivity index (χ0n) is 15.2. The smallest absolute Gasteiger partial charge is 0.272 e. The van der Waals surface area contributed by atoms with Crippen molar-refractivity contribution in [3.05, 3.63) is 53.2 Å². The number of rotatable bonds is 3. The van der Waals surface area contributed by atoms with E-state index in [2.05, 4.69) is 20.5 Å². The number of aromatic amines is 1. The third kappa shape index (κ3) is 2.93. The summed E-state index contributed by atoms with van der Waals surface area (Å²) in [6.45, 7) is 2.16. The van der Waals surface area contributed by atoms with Crippen LogP contribution in [-0.4, -0.2) is 62.1 Å². The lowest BCUT2D eigenvalue weighted by Crippen LogP contribution is -2.38. The molecule has 28 heavy (non-hydrogen) atoms. The fourth-order valence-electron chi connectivity index (χ4n) is 3.81. The van der Waals surface area contributed by atoms with Crippen molar-refractivity contribution in [1.29, 1.82) is 0 Å². The maximum absolute atomic E-state index is 12.9. The molecule has 0 saturated carbocycles. The highest BCUT2D eigenvalue weighted by molar-refractivity contribution is 5.96. The predicted molar refractivity (Wildman–Crippen MR) is 98.9 cm³/mol. The average Bonchev–Trinajstić information content (AvgIpc) is 3.46. The van der Waals surface area contributed by atoms with Gasteiger partial charge in [-0.1, -0.05) is 0 Å². The molecule has 2 amide bonds. The van der Waals surface area contributed by atoms with E-state index in [0.29, 0.717) is 44.0 Å². The van der Waals surface area contributed by atoms with E-state index in [4.69, 9.17) is 4.74 Å². The molecule has 1 unspecified atom stereocenters. The number of carbonyl (C=O) groups excluding carboxylic acids is 2. The highest BCUT2D eigenvalue weighted by atomic mass is 16.5. The van der Waals surface area contributed by atoms with Gasteiger partial charge in [0.2, 0.25) is 0 Å². The second-order valence-corrected chi connectivity index (χ2v) is 7.15. The minimum Gasteiger partial charge on any atom is -0.379 e. The summed E-state index contributed by atoms with van der Waals surface area (Å²) in [7, 11) is 0. The van der Waals surface area contributed by atoms with Gasteiger partial charge in [0.1, 0.15) is 5.65 Å². The summed E-state index contributed by atoms with van der Waals surface area (Å²) in [6, 6.07) is 3.66. The first-order valence-corrected chi connectivity index (χ1v) is 9.36. The lowest BCUT2D eigenvalue weighted by Gasteiger charge is -2.27. The van der Waals surface area contributed by atoms with Crippen LogP contribution in [-0.2, 0) is 17.7 Å². The van der Waals surface area contributed by atoms with Crippen molar-refractivity contribution in [2.24, 2.45) is 0 Å². The number of amides is 2. The molecule has 0 radical (unpaired) electrons. The molecule has 2 aliphatic rings. The molecule has 0 bridgehead atoms. The minimum absolute atomic E-state index is 0.0413. The summed E-state index contributed by atoms with van der Waals surface area (Å²) < 4.78 is 7.13. The minimum atomic E-state index is -0.182. The number of aromatic nitrogens is 4. The van der Waals surface area contributed by atoms with Crippen molar-refractivity contribution in [2.75, 3.05) is 19.8 Å². The number of fused-ring (bicyclic) bond motifs is 2. The van der Waals surface area contributed by atoms with Crippen molar-refractivity contribution >= 4 is 17.5 Å². The molecule has 9 heteroatoms. The van der Waals surface area contributed by atoms with E-state index in [9.17, 15) is 9.59 Å². The quantitative estimate of drug-likeness (QED) is 0.699. The Balaban J connectivity index is 1.32. The van der Waals surface area contributed by atoms with E-state index in [-0.39, 0.29) is 17.9 Å². The van der Waals surface area contributed by atoms with Crippen molar-refractivity contribution < 1.29 is 14.3 Å². The molecule has 0 aromatic carbocycles. The van der Waals surface area contributed by atoms with Crippen LogP contribution in [0.1, 0.15) is 38.5 Å². The van der Waals surface area contributed by atoms with Gasteiger partial charge in [0.15, 0.2) is 5.69 Å². The van der Waals surface area contributed by atoms with E-state index in [1.54, 1.807) is 23.4 Å². The summed E-state index contributed by atoms with van der Waals surface area (Å²) in [4.78, 5) is 31.4. The Hall–Kier alpha value is -3.20. The lowest BCUT2D eigenvalue weighted by molar-refractivity contribution is 0.0732. The second-order valence-electron chi connectivity index (χ2n) is 7.15. The fourth-order valence-corrected chi connectivity index (χ4v) is 3.81. The molecule has 2 N–H and O–H groups in total. The normalized spacial score (nSPS) is 19.0. The Morgan fingerprint density at radius 1 is 1.32 bits per heavy atom. The molecule has 2 aliphatic heterocycles. The van der Waals surface area contributed by atoms with Crippen LogP contribution in [0.5, 0.6) is 0 Å². The van der Waals surface area contributed by atoms with Gasteiger partial charge in [-0.05, 0) is 25.0 Å². The SMILES string of the molecule is O=C(NC1CCOC1)c1n[nH]c2c1CCN(C(=O)c1ccc3nccn3c1)C2. The standard InChI is InChI=1S/C19H20N6O3/c26-18(21-13-4-8-28-11-13)17-14-3-6-25(10-15(14)22-23-17)19(27)12-1-2-16-20-5-7-24(16)9-12/h1-2,5,7,9,13H,3-4,6,8,10-11H2,(H,21,26)(H,22,23). The number of hydrogen-bond donors (Lipinski definition) is 2. The molecule has 3 aromatic heterocycles. The number of carbonyl (C=O) groups is 2. The number of H-pyrrole nitrogens is 1. The summed E-state index contributed by atoms with van der Waals surface area (Å²) in [5, 5.41) is 10.1. The summed E-state index contributed by atoms with van der Waals surface area (Å²) in [6.07, 6.45) is 6.72. The Kier molecular flexibility index (Phi) is 4.09. The molecule has 5 rings (SSSR count). The molecular weight excluding hydrogens is 360 g/mol. The van der Waals surface area contributed by atoms with Crippen LogP contribution in [0, 0.1) is 0 Å². The van der Waals surface area contributed by atoms with E-state index in [0.717, 1.165) is 23.3 Å². The zero-order valence-corrected chi connectivity index (χ0v) is 15.2. The zero-order chi connectivity index (χ0) is 19.1. The molecular formula is C19H20N6O3. The van der Waals surface area contributed by atoms with Gasteiger partial charge in [-0.3, -0.25) is 14.7 Å². The third-order valence-electron chi connectivity index (χ3n) is 5.34. The first-order valence-electron chi connectivity index (χ1n) is 9.36. The topological polar surface area (TPSA) is 105 Å². The van der Waals surface area contributed by atoms with E-state index in [1.807, 2.05) is 16.7 Å². The summed E-state index contributed by atoms with van der Waals surface area (Å²) in [5.41, 5.74) is 3.54. The third-order valence-corrected chi connectivity index (χ3v) is 5.34. The van der Waals surface area contributed by atoms with Gasteiger partial charge in [0.25, 0.3) is 11.8 Å². The highest BCUT2D eigenvalue weighted by Gasteiger charge is 2.29. The van der Waals surface area contributed by atoms with Crippen LogP contribution >= 0.6 is 0 Å². The molecule has 1 fully saturated rings. The van der Waals surface area contributed by atoms with Crippen LogP contribution in [0.15, 0.2) is 30.7 Å².